The number of likely N-dealkylation sites (tertiary alicyclic amines) is 1. The van der Waals surface area contributed by atoms with Crippen LogP contribution in [0.25, 0.3) is 11.0 Å². The minimum absolute atomic E-state index is 0.0181. The van der Waals surface area contributed by atoms with Crippen molar-refractivity contribution in [2.45, 2.75) is 22.7 Å². The summed E-state index contributed by atoms with van der Waals surface area (Å²) in [6, 6.07) is 6.66. The molecule has 10 nitrogen and oxygen atoms in total. The number of cyclic esters (lactones) is 1. The molecule has 0 aliphatic carbocycles. The molecule has 176 valence electrons. The van der Waals surface area contributed by atoms with Gasteiger partial charge < -0.3 is 19.6 Å². The topological polar surface area (TPSA) is 118 Å². The van der Waals surface area contributed by atoms with Crippen LogP contribution in [0.15, 0.2) is 48.6 Å². The van der Waals surface area contributed by atoms with Crippen molar-refractivity contribution in [2.24, 2.45) is 11.8 Å². The molecule has 4 aliphatic heterocycles. The fourth-order valence-corrected chi connectivity index (χ4v) is 7.68. The van der Waals surface area contributed by atoms with E-state index < -0.39 is 28.6 Å². The molecule has 1 aromatic heterocycles. The number of ether oxygens (including phenoxy) is 1. The van der Waals surface area contributed by atoms with Crippen LogP contribution >= 0.6 is 11.8 Å². The van der Waals surface area contributed by atoms with Crippen LogP contribution in [0.2, 0.25) is 0 Å². The number of esters is 1. The molecule has 0 bridgehead atoms. The third-order valence-electron chi connectivity index (χ3n) is 7.06. The molecule has 11 heteroatoms. The second-order valence-corrected chi connectivity index (χ2v) is 10.3. The minimum atomic E-state index is -0.918. The molecule has 6 rings (SSSR count). The van der Waals surface area contributed by atoms with Gasteiger partial charge in [-0.3, -0.25) is 14.4 Å². The number of hydrogen-bond donors (Lipinski definition) is 1. The molecule has 2 amide bonds. The maximum absolute atomic E-state index is 14.0. The van der Waals surface area contributed by atoms with E-state index in [9.17, 15) is 19.5 Å². The van der Waals surface area contributed by atoms with Crippen molar-refractivity contribution in [3.05, 3.63) is 48.6 Å². The highest BCUT2D eigenvalue weighted by atomic mass is 32.2. The number of benzene rings is 1. The number of nitrogens with zero attached hydrogens (tertiary/aromatic N) is 5. The summed E-state index contributed by atoms with van der Waals surface area (Å²) in [6.45, 7) is 0.415. The molecule has 2 fully saturated rings. The summed E-state index contributed by atoms with van der Waals surface area (Å²) in [5.41, 5.74) is 1.53. The van der Waals surface area contributed by atoms with Crippen LogP contribution < -0.4 is 0 Å². The molecule has 1 spiro atoms. The molecular weight excluding hydrogens is 458 g/mol. The van der Waals surface area contributed by atoms with Gasteiger partial charge >= 0.3 is 5.97 Å². The second kappa shape index (κ2) is 7.95. The lowest BCUT2D eigenvalue weighted by Gasteiger charge is -2.34. The zero-order valence-electron chi connectivity index (χ0n) is 18.2. The number of fused-ring (bicyclic) bond motifs is 3. The number of aliphatic hydroxyl groups excluding tert-OH is 1. The zero-order valence-corrected chi connectivity index (χ0v) is 19.0. The van der Waals surface area contributed by atoms with Gasteiger partial charge in [-0.25, -0.2) is 4.68 Å². The van der Waals surface area contributed by atoms with Crippen LogP contribution in [0, 0.1) is 11.8 Å². The molecule has 1 N–H and O–H groups in total. The number of aliphatic hydroxyl groups is 1. The number of rotatable bonds is 4. The van der Waals surface area contributed by atoms with Gasteiger partial charge in [0.05, 0.1) is 28.7 Å². The molecule has 4 aliphatic rings. The smallest absolute Gasteiger partial charge is 0.311 e. The van der Waals surface area contributed by atoms with Gasteiger partial charge in [0.25, 0.3) is 0 Å². The largest absolute Gasteiger partial charge is 0.461 e. The van der Waals surface area contributed by atoms with E-state index in [0.29, 0.717) is 6.54 Å². The van der Waals surface area contributed by atoms with Crippen LogP contribution in [0.5, 0.6) is 0 Å². The molecule has 0 radical (unpaired) electrons. The summed E-state index contributed by atoms with van der Waals surface area (Å²) in [4.78, 5) is 43.6. The quantitative estimate of drug-likeness (QED) is 0.486. The van der Waals surface area contributed by atoms with Crippen LogP contribution in [0.3, 0.4) is 0 Å². The van der Waals surface area contributed by atoms with Crippen molar-refractivity contribution >= 4 is 40.6 Å². The molecule has 1 unspecified atom stereocenters. The Morgan fingerprint density at radius 2 is 2.03 bits per heavy atom. The predicted molar refractivity (Wildman–Crippen MR) is 122 cm³/mol. The third kappa shape index (κ3) is 2.96. The van der Waals surface area contributed by atoms with Crippen molar-refractivity contribution in [3.8, 4) is 0 Å². The first-order valence-corrected chi connectivity index (χ1v) is 12.1. The Labute approximate surface area is 199 Å². The highest BCUT2D eigenvalue weighted by molar-refractivity contribution is 8.02. The summed E-state index contributed by atoms with van der Waals surface area (Å²) in [5.74, 6) is -2.36. The lowest BCUT2D eigenvalue weighted by molar-refractivity contribution is -0.151. The fraction of sp³-hybridized carbons (Fsp3) is 0.435. The number of carbonyl (C=O) groups excluding carboxylic acids is 3. The van der Waals surface area contributed by atoms with Gasteiger partial charge in [0, 0.05) is 18.3 Å². The summed E-state index contributed by atoms with van der Waals surface area (Å²) in [6.07, 6.45) is 7.53. The van der Waals surface area contributed by atoms with E-state index in [0.717, 1.165) is 11.0 Å². The first-order valence-electron chi connectivity index (χ1n) is 11.2. The molecule has 5 atom stereocenters. The fourth-order valence-electron chi connectivity index (χ4n) is 5.67. The monoisotopic (exact) mass is 481 g/mol. The Morgan fingerprint density at radius 3 is 2.88 bits per heavy atom. The van der Waals surface area contributed by atoms with E-state index in [1.165, 1.54) is 16.7 Å². The van der Waals surface area contributed by atoms with Gasteiger partial charge in [0.2, 0.25) is 11.8 Å². The number of thioether (sulfide) groups is 1. The van der Waals surface area contributed by atoms with Gasteiger partial charge in [-0.05, 0) is 12.1 Å². The van der Waals surface area contributed by atoms with Crippen LogP contribution in [0.1, 0.15) is 0 Å². The van der Waals surface area contributed by atoms with Crippen molar-refractivity contribution in [3.63, 3.8) is 0 Å². The number of amides is 2. The summed E-state index contributed by atoms with van der Waals surface area (Å²) < 4.78 is 6.08. The number of para-hydroxylation sites is 1. The first kappa shape index (κ1) is 21.4. The lowest BCUT2D eigenvalue weighted by Crippen LogP contribution is -2.53. The third-order valence-corrected chi connectivity index (χ3v) is 8.81. The predicted octanol–water partition coefficient (Wildman–Crippen LogP) is 0.190. The lowest BCUT2D eigenvalue weighted by atomic mass is 9.78. The van der Waals surface area contributed by atoms with Crippen LogP contribution in [-0.2, 0) is 25.8 Å². The highest BCUT2D eigenvalue weighted by Gasteiger charge is 2.71. The summed E-state index contributed by atoms with van der Waals surface area (Å²) in [5, 5.41) is 17.8. The first-order chi connectivity index (χ1) is 16.5. The Kier molecular flexibility index (Phi) is 4.99. The van der Waals surface area contributed by atoms with Crippen molar-refractivity contribution in [1.29, 1.82) is 0 Å². The zero-order chi connectivity index (χ0) is 23.4. The number of hydrogen-bond acceptors (Lipinski definition) is 8. The maximum Gasteiger partial charge on any atom is 0.311 e. The number of aromatic nitrogens is 3. The second-order valence-electron chi connectivity index (χ2n) is 8.84. The maximum atomic E-state index is 14.0. The van der Waals surface area contributed by atoms with E-state index >= 15 is 0 Å². The Morgan fingerprint density at radius 1 is 1.18 bits per heavy atom. The Balaban J connectivity index is 1.40. The van der Waals surface area contributed by atoms with Crippen molar-refractivity contribution in [2.75, 3.05) is 26.3 Å². The average molecular weight is 482 g/mol. The highest BCUT2D eigenvalue weighted by Crippen LogP contribution is 2.60. The van der Waals surface area contributed by atoms with Gasteiger partial charge in [0.15, 0.2) is 0 Å². The van der Waals surface area contributed by atoms with Crippen LogP contribution in [-0.4, -0.2) is 90.0 Å². The van der Waals surface area contributed by atoms with Crippen molar-refractivity contribution < 1.29 is 24.2 Å². The average Bonchev–Trinajstić information content (AvgIpc) is 3.37. The van der Waals surface area contributed by atoms with E-state index in [1.54, 1.807) is 15.7 Å². The molecule has 2 aromatic rings. The number of carbonyl (C=O) groups is 3. The van der Waals surface area contributed by atoms with Gasteiger partial charge in [0.1, 0.15) is 24.8 Å². The molecular formula is C23H23N5O5S. The SMILES string of the molecule is O=C1OCC=C[C@H]2S[C@]34C=CCN(Cn5nnc6ccccc65)C(=O)C3N(CCO)C(=O)[C@@H]4[C@@H]12. The van der Waals surface area contributed by atoms with E-state index in [2.05, 4.69) is 10.3 Å². The standard InChI is InChI=1S/C23H23N5O5S/c29-11-10-27-19-21(31)26(13-28-15-6-2-1-5-14(15)24-25-28)9-4-8-23(19)18(20(27)30)17-16(34-23)7-3-12-33-22(17)32/h1-8,16-19,29H,9-13H2/t16-,17+,18+,19?,23+/m1/s1. The summed E-state index contributed by atoms with van der Waals surface area (Å²) >= 11 is 1.48. The molecule has 5 heterocycles. The normalized spacial score (nSPS) is 32.4. The Bertz CT molecular complexity index is 1240. The van der Waals surface area contributed by atoms with Gasteiger partial charge in [-0.2, -0.15) is 0 Å². The van der Waals surface area contributed by atoms with Gasteiger partial charge in [-0.1, -0.05) is 41.7 Å². The molecule has 34 heavy (non-hydrogen) atoms. The van der Waals surface area contributed by atoms with E-state index in [1.807, 2.05) is 42.5 Å². The van der Waals surface area contributed by atoms with Gasteiger partial charge in [-0.15, -0.1) is 16.9 Å². The molecule has 2 saturated heterocycles. The molecule has 0 saturated carbocycles. The number of β-amino-alcohol motifs (C(OH)–C–C–N with tert-alkyl or cyclic N) is 1. The minimum Gasteiger partial charge on any atom is -0.461 e. The van der Waals surface area contributed by atoms with E-state index in [-0.39, 0.29) is 43.5 Å². The molecule has 1 aromatic carbocycles. The van der Waals surface area contributed by atoms with E-state index in [4.69, 9.17) is 4.74 Å². The summed E-state index contributed by atoms with van der Waals surface area (Å²) in [7, 11) is 0. The van der Waals surface area contributed by atoms with Crippen molar-refractivity contribution in [1.82, 2.24) is 24.8 Å². The van der Waals surface area contributed by atoms with Crippen LogP contribution in [0.4, 0.5) is 0 Å². The Hall–Kier alpha value is -3.18.